The monoisotopic (exact) mass is 261 g/mol. The van der Waals surface area contributed by atoms with E-state index >= 15 is 0 Å². The molecule has 0 saturated heterocycles. The summed E-state index contributed by atoms with van der Waals surface area (Å²) < 4.78 is 1.67. The van der Waals surface area contributed by atoms with Gasteiger partial charge >= 0.3 is 0 Å². The van der Waals surface area contributed by atoms with Crippen LogP contribution < -0.4 is 0 Å². The molecule has 0 bridgehead atoms. The van der Waals surface area contributed by atoms with Crippen LogP contribution in [0.5, 0.6) is 0 Å². The first kappa shape index (κ1) is 10.7. The van der Waals surface area contributed by atoms with Gasteiger partial charge in [0.25, 0.3) is 0 Å². The molecular formula is C9H6Cl3N3. The zero-order chi connectivity index (χ0) is 11.0. The van der Waals surface area contributed by atoms with Gasteiger partial charge in [-0.15, -0.1) is 0 Å². The molecule has 0 aliphatic heterocycles. The lowest BCUT2D eigenvalue weighted by Gasteiger charge is -2.05. The van der Waals surface area contributed by atoms with Gasteiger partial charge in [0.1, 0.15) is 10.8 Å². The van der Waals surface area contributed by atoms with E-state index in [0.717, 1.165) is 5.69 Å². The van der Waals surface area contributed by atoms with Gasteiger partial charge in [-0.2, -0.15) is 5.10 Å². The lowest BCUT2D eigenvalue weighted by atomic mass is 10.3. The fourth-order valence-electron chi connectivity index (χ4n) is 1.23. The summed E-state index contributed by atoms with van der Waals surface area (Å²) in [5.41, 5.74) is 1.37. The highest BCUT2D eigenvalue weighted by Gasteiger charge is 2.12. The average molecular weight is 263 g/mol. The Morgan fingerprint density at radius 3 is 2.53 bits per heavy atom. The Labute approximate surface area is 102 Å². The van der Waals surface area contributed by atoms with Crippen LogP contribution in [0.4, 0.5) is 0 Å². The normalized spacial score (nSPS) is 10.7. The van der Waals surface area contributed by atoms with Crippen molar-refractivity contribution < 1.29 is 0 Å². The van der Waals surface area contributed by atoms with Crippen molar-refractivity contribution in [3.63, 3.8) is 0 Å². The maximum absolute atomic E-state index is 6.02. The number of pyridine rings is 1. The van der Waals surface area contributed by atoms with Crippen LogP contribution in [0.1, 0.15) is 0 Å². The van der Waals surface area contributed by atoms with Crippen LogP contribution in [-0.4, -0.2) is 14.8 Å². The predicted molar refractivity (Wildman–Crippen MR) is 61.5 cm³/mol. The van der Waals surface area contributed by atoms with Gasteiger partial charge < -0.3 is 0 Å². The van der Waals surface area contributed by atoms with Crippen molar-refractivity contribution in [1.29, 1.82) is 0 Å². The minimum Gasteiger partial charge on any atom is -0.266 e. The second-order valence-corrected chi connectivity index (χ2v) is 4.10. The van der Waals surface area contributed by atoms with Crippen LogP contribution in [0.15, 0.2) is 18.3 Å². The molecule has 6 heteroatoms. The molecule has 0 aliphatic rings. The number of rotatable bonds is 1. The molecule has 2 heterocycles. The first-order valence-corrected chi connectivity index (χ1v) is 5.23. The van der Waals surface area contributed by atoms with Gasteiger partial charge in [-0.05, 0) is 12.1 Å². The Morgan fingerprint density at radius 1 is 1.20 bits per heavy atom. The second kappa shape index (κ2) is 4.00. The van der Waals surface area contributed by atoms with E-state index in [2.05, 4.69) is 10.1 Å². The first-order chi connectivity index (χ1) is 7.09. The maximum Gasteiger partial charge on any atom is 0.148 e. The minimum absolute atomic E-state index is 0.234. The molecule has 2 rings (SSSR count). The molecule has 0 radical (unpaired) electrons. The standard InChI is InChI=1S/C9H6Cl3N3/c1-15-7(2-3-13-15)8-5(10)4-6(11)9(12)14-8/h2-4H,1H3. The van der Waals surface area contributed by atoms with Crippen molar-refractivity contribution in [1.82, 2.24) is 14.8 Å². The Balaban J connectivity index is 2.64. The average Bonchev–Trinajstić information content (AvgIpc) is 2.58. The van der Waals surface area contributed by atoms with Crippen molar-refractivity contribution in [3.8, 4) is 11.4 Å². The van der Waals surface area contributed by atoms with E-state index in [1.807, 2.05) is 0 Å². The number of nitrogens with zero attached hydrogens (tertiary/aromatic N) is 3. The highest BCUT2D eigenvalue weighted by Crippen LogP contribution is 2.31. The molecule has 0 aromatic carbocycles. The number of aryl methyl sites for hydroxylation is 1. The third-order valence-corrected chi connectivity index (χ3v) is 2.91. The molecule has 0 N–H and O–H groups in total. The van der Waals surface area contributed by atoms with Crippen LogP contribution in [0.25, 0.3) is 11.4 Å². The van der Waals surface area contributed by atoms with Crippen molar-refractivity contribution in [2.24, 2.45) is 7.05 Å². The molecule has 0 atom stereocenters. The van der Waals surface area contributed by atoms with E-state index in [1.54, 1.807) is 30.1 Å². The molecule has 0 amide bonds. The maximum atomic E-state index is 6.02. The van der Waals surface area contributed by atoms with Crippen LogP contribution in [-0.2, 0) is 7.05 Å². The van der Waals surface area contributed by atoms with E-state index in [1.165, 1.54) is 0 Å². The number of hydrogen-bond acceptors (Lipinski definition) is 2. The van der Waals surface area contributed by atoms with Crippen molar-refractivity contribution in [3.05, 3.63) is 33.5 Å². The van der Waals surface area contributed by atoms with Crippen LogP contribution in [0.2, 0.25) is 15.2 Å². The Kier molecular flexibility index (Phi) is 2.87. The van der Waals surface area contributed by atoms with Gasteiger partial charge in [-0.25, -0.2) is 4.98 Å². The predicted octanol–water partition coefficient (Wildman–Crippen LogP) is 3.44. The zero-order valence-electron chi connectivity index (χ0n) is 7.71. The van der Waals surface area contributed by atoms with E-state index in [9.17, 15) is 0 Å². The molecule has 15 heavy (non-hydrogen) atoms. The van der Waals surface area contributed by atoms with E-state index in [-0.39, 0.29) is 5.15 Å². The van der Waals surface area contributed by atoms with E-state index < -0.39 is 0 Å². The lowest BCUT2D eigenvalue weighted by Crippen LogP contribution is -1.96. The second-order valence-electron chi connectivity index (χ2n) is 2.93. The van der Waals surface area contributed by atoms with Gasteiger partial charge in [0.15, 0.2) is 0 Å². The molecule has 0 unspecified atom stereocenters. The summed E-state index contributed by atoms with van der Waals surface area (Å²) in [7, 11) is 1.80. The highest BCUT2D eigenvalue weighted by molar-refractivity contribution is 6.42. The van der Waals surface area contributed by atoms with Gasteiger partial charge in [-0.3, -0.25) is 4.68 Å². The summed E-state index contributed by atoms with van der Waals surface area (Å²) in [6, 6.07) is 3.37. The molecule has 0 fully saturated rings. The topological polar surface area (TPSA) is 30.7 Å². The largest absolute Gasteiger partial charge is 0.266 e. The van der Waals surface area contributed by atoms with Crippen LogP contribution >= 0.6 is 34.8 Å². The highest BCUT2D eigenvalue weighted by atomic mass is 35.5. The van der Waals surface area contributed by atoms with Gasteiger partial charge in [0.2, 0.25) is 0 Å². The van der Waals surface area contributed by atoms with E-state index in [0.29, 0.717) is 15.7 Å². The molecular weight excluding hydrogens is 256 g/mol. The Bertz CT molecular complexity index is 507. The lowest BCUT2D eigenvalue weighted by molar-refractivity contribution is 0.773. The van der Waals surface area contributed by atoms with Crippen LogP contribution in [0, 0.1) is 0 Å². The summed E-state index contributed by atoms with van der Waals surface area (Å²) in [6.07, 6.45) is 1.66. The summed E-state index contributed by atoms with van der Waals surface area (Å²) in [4.78, 5) is 4.12. The molecule has 78 valence electrons. The number of halogens is 3. The summed E-state index contributed by atoms with van der Waals surface area (Å²) >= 11 is 17.6. The smallest absolute Gasteiger partial charge is 0.148 e. The summed E-state index contributed by atoms with van der Waals surface area (Å²) in [5, 5.41) is 5.05. The Hall–Kier alpha value is -0.770. The van der Waals surface area contributed by atoms with Crippen molar-refractivity contribution >= 4 is 34.8 Å². The number of hydrogen-bond donors (Lipinski definition) is 0. The number of aromatic nitrogens is 3. The molecule has 0 spiro atoms. The minimum atomic E-state index is 0.234. The quantitative estimate of drug-likeness (QED) is 0.737. The van der Waals surface area contributed by atoms with Gasteiger partial charge in [0, 0.05) is 13.2 Å². The molecule has 3 nitrogen and oxygen atoms in total. The first-order valence-electron chi connectivity index (χ1n) is 4.09. The van der Waals surface area contributed by atoms with Gasteiger partial charge in [-0.1, -0.05) is 34.8 Å². The molecule has 0 saturated carbocycles. The fraction of sp³-hybridized carbons (Fsp3) is 0.111. The fourth-order valence-corrected chi connectivity index (χ4v) is 1.82. The zero-order valence-corrected chi connectivity index (χ0v) is 9.98. The van der Waals surface area contributed by atoms with Crippen molar-refractivity contribution in [2.75, 3.05) is 0 Å². The van der Waals surface area contributed by atoms with Gasteiger partial charge in [0.05, 0.1) is 15.7 Å². The third-order valence-electron chi connectivity index (χ3n) is 1.95. The van der Waals surface area contributed by atoms with Crippen molar-refractivity contribution in [2.45, 2.75) is 0 Å². The summed E-state index contributed by atoms with van der Waals surface area (Å²) in [5.74, 6) is 0. The van der Waals surface area contributed by atoms with Crippen LogP contribution in [0.3, 0.4) is 0 Å². The van der Waals surface area contributed by atoms with E-state index in [4.69, 9.17) is 34.8 Å². The molecule has 0 aliphatic carbocycles. The molecule has 2 aromatic heterocycles. The SMILES string of the molecule is Cn1nccc1-c1nc(Cl)c(Cl)cc1Cl. The summed E-state index contributed by atoms with van der Waals surface area (Å²) in [6.45, 7) is 0. The third kappa shape index (κ3) is 1.95. The Morgan fingerprint density at radius 2 is 1.93 bits per heavy atom. The molecule has 2 aromatic rings.